The lowest BCUT2D eigenvalue weighted by Gasteiger charge is -2.22. The number of aromatic nitrogens is 3. The van der Waals surface area contributed by atoms with Crippen LogP contribution in [-0.2, 0) is 22.7 Å². The van der Waals surface area contributed by atoms with Crippen LogP contribution in [-0.4, -0.2) is 14.4 Å². The van der Waals surface area contributed by atoms with Crippen molar-refractivity contribution in [3.05, 3.63) is 52.3 Å². The topological polar surface area (TPSA) is 30.2 Å². The van der Waals surface area contributed by atoms with Gasteiger partial charge < -0.3 is 0 Å². The molecule has 3 aliphatic carbocycles. The van der Waals surface area contributed by atoms with Crippen LogP contribution < -0.4 is 0 Å². The Hall–Kier alpha value is -2.42. The van der Waals surface area contributed by atoms with Gasteiger partial charge in [0.2, 0.25) is 0 Å². The van der Waals surface area contributed by atoms with Crippen LogP contribution in [0.25, 0.3) is 27.6 Å². The molecule has 3 aliphatic rings. The molecule has 164 valence electrons. The number of hydrogen-bond acceptors (Lipinski definition) is 2. The lowest BCUT2D eigenvalue weighted by Crippen LogP contribution is -2.19. The van der Waals surface area contributed by atoms with Crippen molar-refractivity contribution in [1.82, 2.24) is 14.4 Å². The monoisotopic (exact) mass is 423 g/mol. The van der Waals surface area contributed by atoms with E-state index in [9.17, 15) is 0 Å². The standard InChI is InChI=1S/C29H33N3/c1-27(2,3)26-31-22-11-18-16(8-15-9-17(15)18)10-19(22)25-30-23-12-20-21(13-24(23)32(25)26)29(6,7)14-28(20,4)5/h10-13,15,17H,8-9,14H2,1-7H3. The maximum Gasteiger partial charge on any atom is 0.148 e. The lowest BCUT2D eigenvalue weighted by atomic mass is 9.82. The second-order valence-electron chi connectivity index (χ2n) is 13.2. The van der Waals surface area contributed by atoms with Gasteiger partial charge in [0, 0.05) is 10.8 Å². The zero-order valence-corrected chi connectivity index (χ0v) is 20.4. The molecule has 3 heteroatoms. The van der Waals surface area contributed by atoms with Crippen molar-refractivity contribution in [2.75, 3.05) is 0 Å². The fraction of sp³-hybridized carbons (Fsp3) is 0.517. The number of hydrogen-bond donors (Lipinski definition) is 0. The van der Waals surface area contributed by atoms with Crippen molar-refractivity contribution in [3.8, 4) is 0 Å². The van der Waals surface area contributed by atoms with Crippen molar-refractivity contribution >= 4 is 27.6 Å². The molecule has 2 heterocycles. The van der Waals surface area contributed by atoms with Crippen molar-refractivity contribution in [2.45, 2.75) is 89.9 Å². The Morgan fingerprint density at radius 3 is 2.34 bits per heavy atom. The molecule has 7 rings (SSSR count). The second-order valence-corrected chi connectivity index (χ2v) is 13.2. The third kappa shape index (κ3) is 2.32. The fourth-order valence-corrected chi connectivity index (χ4v) is 7.18. The first-order chi connectivity index (χ1) is 14.9. The highest BCUT2D eigenvalue weighted by Gasteiger charge is 2.45. The maximum atomic E-state index is 5.31. The molecular weight excluding hydrogens is 390 g/mol. The van der Waals surface area contributed by atoms with Gasteiger partial charge >= 0.3 is 0 Å². The quantitative estimate of drug-likeness (QED) is 0.306. The molecule has 1 fully saturated rings. The lowest BCUT2D eigenvalue weighted by molar-refractivity contribution is 0.403. The summed E-state index contributed by atoms with van der Waals surface area (Å²) in [5.41, 5.74) is 10.8. The van der Waals surface area contributed by atoms with E-state index in [1.807, 2.05) is 0 Å². The molecule has 4 aromatic rings. The Kier molecular flexibility index (Phi) is 3.21. The summed E-state index contributed by atoms with van der Waals surface area (Å²) < 4.78 is 2.38. The highest BCUT2D eigenvalue weighted by molar-refractivity contribution is 5.98. The molecule has 3 nitrogen and oxygen atoms in total. The zero-order chi connectivity index (χ0) is 22.4. The van der Waals surface area contributed by atoms with E-state index in [0.29, 0.717) is 0 Å². The van der Waals surface area contributed by atoms with E-state index < -0.39 is 0 Å². The first-order valence-electron chi connectivity index (χ1n) is 12.3. The van der Waals surface area contributed by atoms with E-state index in [0.717, 1.165) is 34.3 Å². The van der Waals surface area contributed by atoms with Crippen LogP contribution in [0.3, 0.4) is 0 Å². The molecule has 0 radical (unpaired) electrons. The summed E-state index contributed by atoms with van der Waals surface area (Å²) in [7, 11) is 0. The second kappa shape index (κ2) is 5.38. The van der Waals surface area contributed by atoms with Crippen LogP contribution in [0.15, 0.2) is 24.3 Å². The highest BCUT2D eigenvalue weighted by atomic mass is 15.1. The number of imidazole rings is 1. The van der Waals surface area contributed by atoms with Crippen LogP contribution in [0.1, 0.15) is 95.3 Å². The summed E-state index contributed by atoms with van der Waals surface area (Å²) in [6, 6.07) is 9.63. The Bertz CT molecular complexity index is 1490. The average Bonchev–Trinajstić information content (AvgIpc) is 3.14. The van der Waals surface area contributed by atoms with E-state index in [2.05, 4.69) is 77.1 Å². The predicted molar refractivity (Wildman–Crippen MR) is 132 cm³/mol. The predicted octanol–water partition coefficient (Wildman–Crippen LogP) is 6.95. The van der Waals surface area contributed by atoms with Crippen molar-refractivity contribution in [2.24, 2.45) is 5.92 Å². The third-order valence-corrected chi connectivity index (χ3v) is 8.55. The summed E-state index contributed by atoms with van der Waals surface area (Å²) in [5, 5.41) is 1.22. The molecule has 32 heavy (non-hydrogen) atoms. The molecule has 0 spiro atoms. The minimum atomic E-state index is -0.0744. The van der Waals surface area contributed by atoms with Gasteiger partial charge in [0.25, 0.3) is 0 Å². The summed E-state index contributed by atoms with van der Waals surface area (Å²) in [4.78, 5) is 10.6. The highest BCUT2D eigenvalue weighted by Crippen LogP contribution is 2.57. The SMILES string of the molecule is CC(C)(C)c1nc2cc3c(cc2c2nc4cc5c(cc4n12)C(C)(C)CC5(C)C)CC1CC31. The van der Waals surface area contributed by atoms with Gasteiger partial charge in [-0.2, -0.15) is 0 Å². The van der Waals surface area contributed by atoms with Crippen molar-refractivity contribution in [3.63, 3.8) is 0 Å². The van der Waals surface area contributed by atoms with Crippen LogP contribution in [0.2, 0.25) is 0 Å². The number of nitrogens with zero attached hydrogens (tertiary/aromatic N) is 3. The third-order valence-electron chi connectivity index (χ3n) is 8.55. The Balaban J connectivity index is 1.63. The van der Waals surface area contributed by atoms with Gasteiger partial charge in [-0.1, -0.05) is 48.5 Å². The largest absolute Gasteiger partial charge is 0.279 e. The molecule has 1 saturated carbocycles. The smallest absolute Gasteiger partial charge is 0.148 e. The van der Waals surface area contributed by atoms with Gasteiger partial charge in [-0.25, -0.2) is 9.97 Å². The Morgan fingerprint density at radius 2 is 1.62 bits per heavy atom. The van der Waals surface area contributed by atoms with Crippen molar-refractivity contribution < 1.29 is 0 Å². The van der Waals surface area contributed by atoms with Gasteiger partial charge in [-0.05, 0) is 88.4 Å². The van der Waals surface area contributed by atoms with E-state index in [4.69, 9.17) is 9.97 Å². The van der Waals surface area contributed by atoms with E-state index in [-0.39, 0.29) is 16.2 Å². The summed E-state index contributed by atoms with van der Waals surface area (Å²) >= 11 is 0. The van der Waals surface area contributed by atoms with Crippen molar-refractivity contribution in [1.29, 1.82) is 0 Å². The minimum Gasteiger partial charge on any atom is -0.279 e. The van der Waals surface area contributed by atoms with Gasteiger partial charge in [0.15, 0.2) is 0 Å². The molecule has 0 amide bonds. The molecule has 2 aromatic carbocycles. The Morgan fingerprint density at radius 1 is 0.906 bits per heavy atom. The number of rotatable bonds is 0. The zero-order valence-electron chi connectivity index (χ0n) is 20.4. The molecular formula is C29H33N3. The van der Waals surface area contributed by atoms with Crippen LogP contribution in [0.5, 0.6) is 0 Å². The first kappa shape index (κ1) is 19.1. The summed E-state index contributed by atoms with van der Waals surface area (Å²) in [5.74, 6) is 2.78. The van der Waals surface area contributed by atoms with Gasteiger partial charge in [-0.3, -0.25) is 4.40 Å². The first-order valence-corrected chi connectivity index (χ1v) is 12.3. The molecule has 2 aromatic heterocycles. The maximum absolute atomic E-state index is 5.31. The molecule has 2 atom stereocenters. The van der Waals surface area contributed by atoms with Gasteiger partial charge in [0.05, 0.1) is 16.6 Å². The number of fused-ring (bicyclic) bond motifs is 9. The van der Waals surface area contributed by atoms with Gasteiger partial charge in [-0.15, -0.1) is 0 Å². The van der Waals surface area contributed by atoms with E-state index in [1.165, 1.54) is 46.9 Å². The molecule has 0 N–H and O–H groups in total. The van der Waals surface area contributed by atoms with Crippen LogP contribution >= 0.6 is 0 Å². The van der Waals surface area contributed by atoms with Crippen LogP contribution in [0, 0.1) is 5.92 Å². The molecule has 0 aliphatic heterocycles. The van der Waals surface area contributed by atoms with E-state index >= 15 is 0 Å². The normalized spacial score (nSPS) is 24.8. The number of benzene rings is 2. The Labute approximate surface area is 190 Å². The fourth-order valence-electron chi connectivity index (χ4n) is 7.18. The summed E-state index contributed by atoms with van der Waals surface area (Å²) in [6.07, 6.45) is 3.78. The molecule has 0 bridgehead atoms. The van der Waals surface area contributed by atoms with Crippen LogP contribution in [0.4, 0.5) is 0 Å². The molecule has 0 saturated heterocycles. The molecule has 2 unspecified atom stereocenters. The average molecular weight is 424 g/mol. The van der Waals surface area contributed by atoms with Gasteiger partial charge in [0.1, 0.15) is 11.5 Å². The van der Waals surface area contributed by atoms with E-state index in [1.54, 1.807) is 5.56 Å². The minimum absolute atomic E-state index is 0.0744. The summed E-state index contributed by atoms with van der Waals surface area (Å²) in [6.45, 7) is 16.4.